The van der Waals surface area contributed by atoms with E-state index < -0.39 is 12.0 Å². The Morgan fingerprint density at radius 2 is 2.21 bits per heavy atom. The number of aromatic nitrogens is 1. The average Bonchev–Trinajstić information content (AvgIpc) is 3.07. The van der Waals surface area contributed by atoms with Crippen LogP contribution >= 0.6 is 22.7 Å². The van der Waals surface area contributed by atoms with Gasteiger partial charge in [0.05, 0.1) is 12.0 Å². The first-order valence-corrected chi connectivity index (χ1v) is 7.26. The van der Waals surface area contributed by atoms with Gasteiger partial charge in [-0.05, 0) is 18.4 Å². The largest absolute Gasteiger partial charge is 0.467 e. The number of hydrogen-bond donors (Lipinski definition) is 1. The maximum Gasteiger partial charge on any atom is 0.328 e. The van der Waals surface area contributed by atoms with Crippen molar-refractivity contribution in [3.05, 3.63) is 28.6 Å². The van der Waals surface area contributed by atoms with E-state index in [1.165, 1.54) is 18.4 Å². The zero-order valence-corrected chi connectivity index (χ0v) is 12.0. The highest BCUT2D eigenvalue weighted by Crippen LogP contribution is 2.27. The molecule has 0 unspecified atom stereocenters. The lowest BCUT2D eigenvalue weighted by molar-refractivity contribution is -0.142. The van der Waals surface area contributed by atoms with Crippen molar-refractivity contribution in [1.29, 1.82) is 0 Å². The number of carbonyl (C=O) groups is 2. The maximum atomic E-state index is 11.9. The second-order valence-corrected chi connectivity index (χ2v) is 5.54. The first kappa shape index (κ1) is 13.7. The zero-order valence-electron chi connectivity index (χ0n) is 10.4. The molecular weight excluding hydrogens is 284 g/mol. The molecule has 0 spiro atoms. The molecule has 2 aromatic heterocycles. The van der Waals surface area contributed by atoms with Gasteiger partial charge < -0.3 is 10.1 Å². The summed E-state index contributed by atoms with van der Waals surface area (Å²) in [5, 5.41) is 6.97. The number of thiazole rings is 1. The van der Waals surface area contributed by atoms with E-state index in [9.17, 15) is 9.59 Å². The summed E-state index contributed by atoms with van der Waals surface area (Å²) in [5.74, 6) is -0.862. The summed E-state index contributed by atoms with van der Waals surface area (Å²) in [6.45, 7) is 1.57. The van der Waals surface area contributed by atoms with Crippen LogP contribution in [0.4, 0.5) is 0 Å². The number of nitrogens with zero attached hydrogens (tertiary/aromatic N) is 1. The normalized spacial score (nSPS) is 11.9. The lowest BCUT2D eigenvalue weighted by Gasteiger charge is -2.09. The summed E-state index contributed by atoms with van der Waals surface area (Å²) < 4.78 is 4.54. The van der Waals surface area contributed by atoms with E-state index >= 15 is 0 Å². The number of thiophene rings is 1. The smallest absolute Gasteiger partial charge is 0.328 e. The van der Waals surface area contributed by atoms with Crippen LogP contribution in [0.2, 0.25) is 0 Å². The molecule has 0 bridgehead atoms. The third-order valence-corrected chi connectivity index (χ3v) is 4.25. The van der Waals surface area contributed by atoms with Crippen LogP contribution in [0.1, 0.15) is 17.4 Å². The summed E-state index contributed by atoms with van der Waals surface area (Å²) in [6, 6.07) is 3.19. The lowest BCUT2D eigenvalue weighted by Crippen LogP contribution is -2.39. The van der Waals surface area contributed by atoms with E-state index in [0.717, 1.165) is 9.88 Å². The minimum absolute atomic E-state index is 0.309. The Morgan fingerprint density at radius 3 is 2.84 bits per heavy atom. The molecule has 0 saturated heterocycles. The molecule has 0 radical (unpaired) electrons. The Morgan fingerprint density at radius 1 is 1.42 bits per heavy atom. The number of esters is 1. The van der Waals surface area contributed by atoms with Crippen LogP contribution in [0.3, 0.4) is 0 Å². The Labute approximate surface area is 118 Å². The quantitative estimate of drug-likeness (QED) is 0.878. The van der Waals surface area contributed by atoms with Crippen LogP contribution in [0.15, 0.2) is 22.9 Å². The fourth-order valence-corrected chi connectivity index (χ4v) is 3.01. The van der Waals surface area contributed by atoms with Crippen molar-refractivity contribution in [2.45, 2.75) is 13.0 Å². The minimum atomic E-state index is -0.690. The highest BCUT2D eigenvalue weighted by atomic mass is 32.1. The van der Waals surface area contributed by atoms with Gasteiger partial charge >= 0.3 is 5.97 Å². The molecule has 7 heteroatoms. The average molecular weight is 296 g/mol. The van der Waals surface area contributed by atoms with Crippen molar-refractivity contribution in [2.24, 2.45) is 0 Å². The third-order valence-electron chi connectivity index (χ3n) is 2.37. The summed E-state index contributed by atoms with van der Waals surface area (Å²) in [5.41, 5.74) is 0.309. The van der Waals surface area contributed by atoms with Crippen LogP contribution in [-0.4, -0.2) is 30.0 Å². The van der Waals surface area contributed by atoms with Gasteiger partial charge in [-0.15, -0.1) is 22.7 Å². The zero-order chi connectivity index (χ0) is 13.8. The van der Waals surface area contributed by atoms with E-state index in [1.807, 2.05) is 17.5 Å². The molecule has 100 valence electrons. The second kappa shape index (κ2) is 5.94. The predicted octanol–water partition coefficient (Wildman–Crippen LogP) is 2.16. The van der Waals surface area contributed by atoms with Gasteiger partial charge in [-0.3, -0.25) is 4.79 Å². The first-order valence-electron chi connectivity index (χ1n) is 5.50. The van der Waals surface area contributed by atoms with Crippen LogP contribution < -0.4 is 5.32 Å². The molecule has 19 heavy (non-hydrogen) atoms. The molecule has 0 saturated carbocycles. The summed E-state index contributed by atoms with van der Waals surface area (Å²) in [6.07, 6.45) is 0. The van der Waals surface area contributed by atoms with Crippen molar-refractivity contribution >= 4 is 34.6 Å². The Balaban J connectivity index is 2.06. The Kier molecular flexibility index (Phi) is 4.28. The molecule has 0 aliphatic heterocycles. The molecule has 1 amide bonds. The van der Waals surface area contributed by atoms with E-state index in [4.69, 9.17) is 0 Å². The van der Waals surface area contributed by atoms with Crippen molar-refractivity contribution < 1.29 is 14.3 Å². The molecule has 0 aliphatic carbocycles. The third kappa shape index (κ3) is 3.18. The van der Waals surface area contributed by atoms with E-state index in [-0.39, 0.29) is 5.91 Å². The molecule has 2 aromatic rings. The molecule has 0 fully saturated rings. The summed E-state index contributed by atoms with van der Waals surface area (Å²) in [7, 11) is 1.28. The molecular formula is C12H12N2O3S2. The van der Waals surface area contributed by atoms with Gasteiger partial charge in [-0.2, -0.15) is 0 Å². The van der Waals surface area contributed by atoms with Crippen LogP contribution in [-0.2, 0) is 9.53 Å². The number of ether oxygens (including phenoxy) is 1. The lowest BCUT2D eigenvalue weighted by atomic mass is 10.3. The van der Waals surface area contributed by atoms with Crippen molar-refractivity contribution in [2.75, 3.05) is 7.11 Å². The maximum absolute atomic E-state index is 11.9. The number of nitrogens with one attached hydrogen (secondary N) is 1. The van der Waals surface area contributed by atoms with Gasteiger partial charge in [0.1, 0.15) is 16.7 Å². The SMILES string of the molecule is COC(=O)[C@H](C)NC(=O)c1csc(-c2cccs2)n1. The fraction of sp³-hybridized carbons (Fsp3) is 0.250. The number of amides is 1. The standard InChI is InChI=1S/C12H12N2O3S2/c1-7(12(16)17-2)13-10(15)8-6-19-11(14-8)9-4-3-5-18-9/h3-7H,1-2H3,(H,13,15)/t7-/m0/s1. The van der Waals surface area contributed by atoms with Crippen LogP contribution in [0, 0.1) is 0 Å². The number of methoxy groups -OCH3 is 1. The second-order valence-electron chi connectivity index (χ2n) is 3.73. The van der Waals surface area contributed by atoms with Gasteiger partial charge in [0.2, 0.25) is 0 Å². The van der Waals surface area contributed by atoms with Crippen LogP contribution in [0.25, 0.3) is 9.88 Å². The topological polar surface area (TPSA) is 68.3 Å². The van der Waals surface area contributed by atoms with E-state index in [1.54, 1.807) is 23.6 Å². The van der Waals surface area contributed by atoms with Gasteiger partial charge in [0.25, 0.3) is 5.91 Å². The molecule has 1 N–H and O–H groups in total. The molecule has 0 aromatic carbocycles. The highest BCUT2D eigenvalue weighted by Gasteiger charge is 2.19. The molecule has 1 atom stereocenters. The van der Waals surface area contributed by atoms with Crippen molar-refractivity contribution in [1.82, 2.24) is 10.3 Å². The van der Waals surface area contributed by atoms with E-state index in [0.29, 0.717) is 5.69 Å². The van der Waals surface area contributed by atoms with E-state index in [2.05, 4.69) is 15.0 Å². The Bertz CT molecular complexity index is 578. The van der Waals surface area contributed by atoms with Gasteiger partial charge in [0.15, 0.2) is 0 Å². The van der Waals surface area contributed by atoms with Crippen LogP contribution in [0.5, 0.6) is 0 Å². The molecule has 2 heterocycles. The molecule has 5 nitrogen and oxygen atoms in total. The summed E-state index contributed by atoms with van der Waals surface area (Å²) in [4.78, 5) is 28.4. The molecule has 0 aliphatic rings. The predicted molar refractivity (Wildman–Crippen MR) is 74.4 cm³/mol. The fourth-order valence-electron chi connectivity index (χ4n) is 1.40. The minimum Gasteiger partial charge on any atom is -0.467 e. The summed E-state index contributed by atoms with van der Waals surface area (Å²) >= 11 is 2.96. The molecule has 2 rings (SSSR count). The monoisotopic (exact) mass is 296 g/mol. The van der Waals surface area contributed by atoms with Gasteiger partial charge in [0, 0.05) is 5.38 Å². The van der Waals surface area contributed by atoms with Gasteiger partial charge in [-0.1, -0.05) is 6.07 Å². The first-order chi connectivity index (χ1) is 9.11. The Hall–Kier alpha value is -1.73. The van der Waals surface area contributed by atoms with Crippen molar-refractivity contribution in [3.8, 4) is 9.88 Å². The van der Waals surface area contributed by atoms with Crippen molar-refractivity contribution in [3.63, 3.8) is 0 Å². The number of rotatable bonds is 4. The number of hydrogen-bond acceptors (Lipinski definition) is 6. The van der Waals surface area contributed by atoms with Gasteiger partial charge in [-0.25, -0.2) is 9.78 Å². The highest BCUT2D eigenvalue weighted by molar-refractivity contribution is 7.20. The number of carbonyl (C=O) groups excluding carboxylic acids is 2.